The predicted octanol–water partition coefficient (Wildman–Crippen LogP) is 4.02. The molecule has 150 valence electrons. The van der Waals surface area contributed by atoms with E-state index in [0.717, 1.165) is 0 Å². The number of aromatic carboxylic acids is 1. The number of carboxylic acid groups (broad SMARTS) is 1. The highest BCUT2D eigenvalue weighted by molar-refractivity contribution is 8.15. The Labute approximate surface area is 176 Å². The Bertz CT molecular complexity index is 978. The molecule has 0 unspecified atom stereocenters. The molecule has 2 N–H and O–H groups in total. The first-order chi connectivity index (χ1) is 13.9. The maximum atomic E-state index is 12.7. The number of carboxylic acids is 1. The Hall–Kier alpha value is -2.84. The highest BCUT2D eigenvalue weighted by Gasteiger charge is 2.35. The number of hydrogen-bond acceptors (Lipinski definition) is 5. The van der Waals surface area contributed by atoms with Crippen LogP contribution in [0.25, 0.3) is 0 Å². The van der Waals surface area contributed by atoms with Gasteiger partial charge in [-0.05, 0) is 49.4 Å². The molecule has 0 aromatic heterocycles. The molecule has 0 saturated carbocycles. The first kappa shape index (κ1) is 20.9. The molecule has 0 aliphatic carbocycles. The number of carbonyl (C=O) groups excluding carboxylic acids is 2. The van der Waals surface area contributed by atoms with Crippen molar-refractivity contribution in [2.45, 2.75) is 18.6 Å². The normalized spacial score (nSPS) is 18.0. The third kappa shape index (κ3) is 5.16. The summed E-state index contributed by atoms with van der Waals surface area (Å²) in [4.78, 5) is 42.4. The van der Waals surface area contributed by atoms with E-state index >= 15 is 0 Å². The third-order valence-corrected chi connectivity index (χ3v) is 5.62. The smallest absolute Gasteiger partial charge is 0.335 e. The summed E-state index contributed by atoms with van der Waals surface area (Å²) in [5.74, 6) is -1.66. The number of benzene rings is 2. The zero-order valence-corrected chi connectivity index (χ0v) is 17.0. The highest BCUT2D eigenvalue weighted by Crippen LogP contribution is 2.30. The van der Waals surface area contributed by atoms with Gasteiger partial charge in [-0.15, -0.1) is 0 Å². The van der Waals surface area contributed by atoms with Gasteiger partial charge in [-0.3, -0.25) is 14.5 Å². The van der Waals surface area contributed by atoms with Gasteiger partial charge in [0.25, 0.3) is 0 Å². The summed E-state index contributed by atoms with van der Waals surface area (Å²) in [6, 6.07) is 12.8. The van der Waals surface area contributed by atoms with Crippen LogP contribution in [0.2, 0.25) is 5.02 Å². The molecule has 1 atom stereocenters. The van der Waals surface area contributed by atoms with E-state index in [-0.39, 0.29) is 23.8 Å². The zero-order valence-electron chi connectivity index (χ0n) is 15.5. The summed E-state index contributed by atoms with van der Waals surface area (Å²) in [5, 5.41) is 12.1. The second-order valence-corrected chi connectivity index (χ2v) is 7.80. The SMILES string of the molecule is CCN1C(=O)C[C@H](C(=O)Nc2cccc(C(=O)O)c2)SC1=Nc1ccc(Cl)cc1. The maximum absolute atomic E-state index is 12.7. The van der Waals surface area contributed by atoms with E-state index in [0.29, 0.717) is 28.1 Å². The van der Waals surface area contributed by atoms with Gasteiger partial charge in [-0.25, -0.2) is 9.79 Å². The number of anilines is 1. The number of aliphatic imine (C=N–C) groups is 1. The fourth-order valence-electron chi connectivity index (χ4n) is 2.73. The third-order valence-electron chi connectivity index (χ3n) is 4.18. The van der Waals surface area contributed by atoms with Crippen molar-refractivity contribution in [3.8, 4) is 0 Å². The van der Waals surface area contributed by atoms with Crippen molar-refractivity contribution in [1.82, 2.24) is 4.90 Å². The molecule has 1 aliphatic rings. The summed E-state index contributed by atoms with van der Waals surface area (Å²) >= 11 is 7.10. The van der Waals surface area contributed by atoms with Crippen molar-refractivity contribution in [1.29, 1.82) is 0 Å². The number of hydrogen-bond donors (Lipinski definition) is 2. The number of carbonyl (C=O) groups is 3. The Balaban J connectivity index is 1.80. The summed E-state index contributed by atoms with van der Waals surface area (Å²) in [6.07, 6.45) is 0.0304. The van der Waals surface area contributed by atoms with Crippen molar-refractivity contribution in [3.05, 3.63) is 59.1 Å². The van der Waals surface area contributed by atoms with Crippen LogP contribution >= 0.6 is 23.4 Å². The molecule has 2 aromatic carbocycles. The molecule has 1 fully saturated rings. The molecular weight excluding hydrogens is 414 g/mol. The van der Waals surface area contributed by atoms with Crippen molar-refractivity contribution in [2.75, 3.05) is 11.9 Å². The summed E-state index contributed by atoms with van der Waals surface area (Å²) in [6.45, 7) is 2.28. The Kier molecular flexibility index (Phi) is 6.56. The minimum atomic E-state index is -1.08. The van der Waals surface area contributed by atoms with Crippen LogP contribution in [-0.4, -0.2) is 44.8 Å². The van der Waals surface area contributed by atoms with Crippen molar-refractivity contribution in [2.24, 2.45) is 4.99 Å². The molecule has 29 heavy (non-hydrogen) atoms. The monoisotopic (exact) mass is 431 g/mol. The number of thioether (sulfide) groups is 1. The molecular formula is C20H18ClN3O4S. The van der Waals surface area contributed by atoms with E-state index in [4.69, 9.17) is 16.7 Å². The lowest BCUT2D eigenvalue weighted by molar-refractivity contribution is -0.129. The van der Waals surface area contributed by atoms with Gasteiger partial charge in [0.05, 0.1) is 11.3 Å². The van der Waals surface area contributed by atoms with Crippen LogP contribution in [0.15, 0.2) is 53.5 Å². The van der Waals surface area contributed by atoms with Gasteiger partial charge in [0, 0.05) is 23.7 Å². The minimum Gasteiger partial charge on any atom is -0.478 e. The van der Waals surface area contributed by atoms with Crippen molar-refractivity contribution < 1.29 is 19.5 Å². The number of nitrogens with one attached hydrogen (secondary N) is 1. The molecule has 2 aromatic rings. The highest BCUT2D eigenvalue weighted by atomic mass is 35.5. The first-order valence-electron chi connectivity index (χ1n) is 8.83. The summed E-state index contributed by atoms with van der Waals surface area (Å²) in [7, 11) is 0. The van der Waals surface area contributed by atoms with Crippen LogP contribution in [0.4, 0.5) is 11.4 Å². The lowest BCUT2D eigenvalue weighted by atomic mass is 10.2. The van der Waals surface area contributed by atoms with Gasteiger partial charge in [0.15, 0.2) is 5.17 Å². The average molecular weight is 432 g/mol. The number of amides is 2. The van der Waals surface area contributed by atoms with Gasteiger partial charge < -0.3 is 10.4 Å². The zero-order chi connectivity index (χ0) is 21.0. The van der Waals surface area contributed by atoms with Gasteiger partial charge in [0.1, 0.15) is 5.25 Å². The minimum absolute atomic E-state index is 0.0304. The summed E-state index contributed by atoms with van der Waals surface area (Å²) in [5.41, 5.74) is 1.05. The molecule has 1 aliphatic heterocycles. The van der Waals surface area contributed by atoms with Gasteiger partial charge >= 0.3 is 5.97 Å². The van der Waals surface area contributed by atoms with Crippen LogP contribution in [0, 0.1) is 0 Å². The largest absolute Gasteiger partial charge is 0.478 e. The molecule has 0 bridgehead atoms. The van der Waals surface area contributed by atoms with Crippen LogP contribution in [0.5, 0.6) is 0 Å². The quantitative estimate of drug-likeness (QED) is 0.744. The molecule has 7 nitrogen and oxygen atoms in total. The molecule has 1 saturated heterocycles. The fraction of sp³-hybridized carbons (Fsp3) is 0.200. The second-order valence-electron chi connectivity index (χ2n) is 6.19. The van der Waals surface area contributed by atoms with Crippen molar-refractivity contribution >= 4 is 57.7 Å². The van der Waals surface area contributed by atoms with Crippen LogP contribution in [0.3, 0.4) is 0 Å². The molecule has 2 amide bonds. The standard InChI is InChI=1S/C20H18ClN3O4S/c1-2-24-17(25)11-16(29-20(24)23-14-8-6-13(21)7-9-14)18(26)22-15-5-3-4-12(10-15)19(27)28/h3-10,16H,2,11H2,1H3,(H,22,26)(H,27,28)/t16-/m1/s1. The van der Waals surface area contributed by atoms with E-state index in [1.54, 1.807) is 36.4 Å². The van der Waals surface area contributed by atoms with Crippen LogP contribution in [-0.2, 0) is 9.59 Å². The first-order valence-corrected chi connectivity index (χ1v) is 10.1. The lowest BCUT2D eigenvalue weighted by Gasteiger charge is -2.30. The molecule has 9 heteroatoms. The van der Waals surface area contributed by atoms with Gasteiger partial charge in [0.2, 0.25) is 11.8 Å². The molecule has 0 spiro atoms. The second kappa shape index (κ2) is 9.11. The molecule has 3 rings (SSSR count). The number of halogens is 1. The number of nitrogens with zero attached hydrogens (tertiary/aromatic N) is 2. The van der Waals surface area contributed by atoms with Crippen molar-refractivity contribution in [3.63, 3.8) is 0 Å². The Morgan fingerprint density at radius 3 is 2.66 bits per heavy atom. The van der Waals surface area contributed by atoms with Crippen LogP contribution < -0.4 is 5.32 Å². The van der Waals surface area contributed by atoms with E-state index < -0.39 is 11.2 Å². The average Bonchev–Trinajstić information content (AvgIpc) is 2.69. The fourth-order valence-corrected chi connectivity index (χ4v) is 4.02. The number of rotatable bonds is 5. The van der Waals surface area contributed by atoms with Crippen LogP contribution in [0.1, 0.15) is 23.7 Å². The topological polar surface area (TPSA) is 99.1 Å². The Morgan fingerprint density at radius 1 is 1.28 bits per heavy atom. The predicted molar refractivity (Wildman–Crippen MR) is 114 cm³/mol. The van der Waals surface area contributed by atoms with Gasteiger partial charge in [-0.2, -0.15) is 0 Å². The van der Waals surface area contributed by atoms with E-state index in [1.807, 2.05) is 6.92 Å². The number of amidine groups is 1. The maximum Gasteiger partial charge on any atom is 0.335 e. The van der Waals surface area contributed by atoms with E-state index in [9.17, 15) is 14.4 Å². The summed E-state index contributed by atoms with van der Waals surface area (Å²) < 4.78 is 0. The lowest BCUT2D eigenvalue weighted by Crippen LogP contribution is -2.45. The molecule has 1 heterocycles. The van der Waals surface area contributed by atoms with Gasteiger partial charge in [-0.1, -0.05) is 29.4 Å². The van der Waals surface area contributed by atoms with E-state index in [1.165, 1.54) is 28.8 Å². The Morgan fingerprint density at radius 2 is 2.00 bits per heavy atom. The molecule has 0 radical (unpaired) electrons. The van der Waals surface area contributed by atoms with E-state index in [2.05, 4.69) is 10.3 Å².